The quantitative estimate of drug-likeness (QED) is 0.601. The van der Waals surface area contributed by atoms with Gasteiger partial charge in [0.25, 0.3) is 0 Å². The van der Waals surface area contributed by atoms with Crippen molar-refractivity contribution in [3.05, 3.63) is 57.5 Å². The number of hydrogen-bond acceptors (Lipinski definition) is 5. The van der Waals surface area contributed by atoms with Crippen molar-refractivity contribution in [1.29, 1.82) is 0 Å². The Morgan fingerprint density at radius 3 is 2.77 bits per heavy atom. The number of carbonyl (C=O) groups excluding carboxylic acids is 1. The Hall–Kier alpha value is -2.12. The topological polar surface area (TPSA) is 51.0 Å². The van der Waals surface area contributed by atoms with Crippen LogP contribution in [0.1, 0.15) is 21.8 Å². The minimum atomic E-state index is 0.0802. The molecule has 0 saturated heterocycles. The number of thioether (sulfide) groups is 1. The van der Waals surface area contributed by atoms with Gasteiger partial charge in [0.05, 0.1) is 18.0 Å². The van der Waals surface area contributed by atoms with E-state index in [9.17, 15) is 4.79 Å². The van der Waals surface area contributed by atoms with Crippen LogP contribution in [0.25, 0.3) is 5.69 Å². The number of rotatable bonds is 6. The van der Waals surface area contributed by atoms with E-state index in [1.165, 1.54) is 22.2 Å². The third-order valence-electron chi connectivity index (χ3n) is 4.12. The predicted octanol–water partition coefficient (Wildman–Crippen LogP) is 4.00. The second-order valence-corrected chi connectivity index (χ2v) is 8.25. The minimum Gasteiger partial charge on any atom is -0.340 e. The fraction of sp³-hybridized carbons (Fsp3) is 0.316. The van der Waals surface area contributed by atoms with Gasteiger partial charge in [-0.1, -0.05) is 30.0 Å². The molecule has 0 saturated carbocycles. The molecule has 1 amide bonds. The van der Waals surface area contributed by atoms with E-state index in [1.807, 2.05) is 36.1 Å². The zero-order valence-electron chi connectivity index (χ0n) is 15.4. The highest BCUT2D eigenvalue weighted by atomic mass is 32.2. The molecule has 0 spiro atoms. The van der Waals surface area contributed by atoms with Crippen LogP contribution < -0.4 is 0 Å². The molecular weight excluding hydrogens is 364 g/mol. The number of benzene rings is 1. The molecule has 0 fully saturated rings. The third kappa shape index (κ3) is 4.16. The number of thiophene rings is 1. The number of carbonyl (C=O) groups is 1. The molecule has 0 bridgehead atoms. The normalized spacial score (nSPS) is 10.9. The zero-order valence-corrected chi connectivity index (χ0v) is 17.0. The van der Waals surface area contributed by atoms with Crippen molar-refractivity contribution in [3.8, 4) is 5.69 Å². The molecule has 26 heavy (non-hydrogen) atoms. The van der Waals surface area contributed by atoms with E-state index in [1.54, 1.807) is 16.2 Å². The Labute approximate surface area is 162 Å². The molecule has 7 heteroatoms. The molecule has 0 aliphatic heterocycles. The van der Waals surface area contributed by atoms with Crippen LogP contribution in [0.3, 0.4) is 0 Å². The number of hydrogen-bond donors (Lipinski definition) is 0. The van der Waals surface area contributed by atoms with Crippen LogP contribution in [0.5, 0.6) is 0 Å². The molecule has 0 aliphatic carbocycles. The Kier molecular flexibility index (Phi) is 5.78. The highest BCUT2D eigenvalue weighted by Gasteiger charge is 2.17. The first kappa shape index (κ1) is 18.7. The minimum absolute atomic E-state index is 0.0802. The Balaban J connectivity index is 1.73. The van der Waals surface area contributed by atoms with Crippen LogP contribution >= 0.6 is 23.1 Å². The number of aryl methyl sites for hydroxylation is 3. The van der Waals surface area contributed by atoms with Crippen LogP contribution in [0.4, 0.5) is 0 Å². The van der Waals surface area contributed by atoms with Crippen LogP contribution in [0.2, 0.25) is 0 Å². The van der Waals surface area contributed by atoms with Gasteiger partial charge in [-0.15, -0.1) is 21.5 Å². The summed E-state index contributed by atoms with van der Waals surface area (Å²) in [5.41, 5.74) is 3.40. The fourth-order valence-corrected chi connectivity index (χ4v) is 4.32. The van der Waals surface area contributed by atoms with Crippen molar-refractivity contribution in [2.24, 2.45) is 0 Å². The second-order valence-electron chi connectivity index (χ2n) is 6.27. The van der Waals surface area contributed by atoms with Gasteiger partial charge in [-0.05, 0) is 49.4 Å². The van der Waals surface area contributed by atoms with Gasteiger partial charge < -0.3 is 4.90 Å². The van der Waals surface area contributed by atoms with Gasteiger partial charge in [-0.3, -0.25) is 9.36 Å². The Morgan fingerprint density at radius 1 is 1.23 bits per heavy atom. The Bertz CT molecular complexity index is 902. The number of amides is 1. The summed E-state index contributed by atoms with van der Waals surface area (Å²) in [5.74, 6) is 1.24. The van der Waals surface area contributed by atoms with Gasteiger partial charge in [0.2, 0.25) is 5.91 Å². The summed E-state index contributed by atoms with van der Waals surface area (Å²) in [7, 11) is 1.84. The van der Waals surface area contributed by atoms with E-state index in [2.05, 4.69) is 42.2 Å². The average Bonchev–Trinajstić information content (AvgIpc) is 3.24. The maximum atomic E-state index is 12.5. The van der Waals surface area contributed by atoms with Crippen molar-refractivity contribution in [1.82, 2.24) is 19.7 Å². The molecule has 0 N–H and O–H groups in total. The summed E-state index contributed by atoms with van der Waals surface area (Å²) >= 11 is 3.09. The maximum absolute atomic E-state index is 12.5. The molecule has 0 radical (unpaired) electrons. The first-order valence-electron chi connectivity index (χ1n) is 8.34. The van der Waals surface area contributed by atoms with Crippen molar-refractivity contribution >= 4 is 29.0 Å². The lowest BCUT2D eigenvalue weighted by Gasteiger charge is -2.16. The summed E-state index contributed by atoms with van der Waals surface area (Å²) < 4.78 is 2.03. The second kappa shape index (κ2) is 8.05. The van der Waals surface area contributed by atoms with Gasteiger partial charge in [0.15, 0.2) is 5.16 Å². The molecule has 0 aliphatic rings. The van der Waals surface area contributed by atoms with Gasteiger partial charge in [0, 0.05) is 11.9 Å². The lowest BCUT2D eigenvalue weighted by atomic mass is 10.1. The van der Waals surface area contributed by atoms with Crippen LogP contribution in [0, 0.1) is 20.8 Å². The highest BCUT2D eigenvalue weighted by Crippen LogP contribution is 2.25. The molecule has 0 atom stereocenters. The smallest absolute Gasteiger partial charge is 0.233 e. The van der Waals surface area contributed by atoms with Gasteiger partial charge in [0.1, 0.15) is 5.82 Å². The van der Waals surface area contributed by atoms with E-state index >= 15 is 0 Å². The van der Waals surface area contributed by atoms with Crippen molar-refractivity contribution in [2.75, 3.05) is 12.8 Å². The summed E-state index contributed by atoms with van der Waals surface area (Å²) in [5, 5.41) is 11.3. The maximum Gasteiger partial charge on any atom is 0.233 e. The molecule has 3 aromatic rings. The highest BCUT2D eigenvalue weighted by molar-refractivity contribution is 7.99. The lowest BCUT2D eigenvalue weighted by molar-refractivity contribution is -0.127. The molecule has 2 heterocycles. The molecule has 5 nitrogen and oxygen atoms in total. The summed E-state index contributed by atoms with van der Waals surface area (Å²) in [6.45, 7) is 6.71. The summed E-state index contributed by atoms with van der Waals surface area (Å²) in [6, 6.07) is 10.4. The van der Waals surface area contributed by atoms with E-state index in [0.717, 1.165) is 22.2 Å². The van der Waals surface area contributed by atoms with Gasteiger partial charge in [-0.2, -0.15) is 0 Å². The van der Waals surface area contributed by atoms with Crippen LogP contribution in [-0.4, -0.2) is 38.4 Å². The predicted molar refractivity (Wildman–Crippen MR) is 107 cm³/mol. The molecule has 2 aromatic heterocycles. The van der Waals surface area contributed by atoms with Crippen molar-refractivity contribution < 1.29 is 4.79 Å². The van der Waals surface area contributed by atoms with Crippen molar-refractivity contribution in [3.63, 3.8) is 0 Å². The average molecular weight is 387 g/mol. The molecule has 1 aromatic carbocycles. The zero-order chi connectivity index (χ0) is 18.7. The van der Waals surface area contributed by atoms with Gasteiger partial charge >= 0.3 is 0 Å². The number of aromatic nitrogens is 3. The molecule has 3 rings (SSSR count). The first-order valence-corrected chi connectivity index (χ1v) is 10.2. The Morgan fingerprint density at radius 2 is 2.04 bits per heavy atom. The lowest BCUT2D eigenvalue weighted by Crippen LogP contribution is -2.27. The first-order chi connectivity index (χ1) is 12.5. The van der Waals surface area contributed by atoms with Crippen LogP contribution in [0.15, 0.2) is 40.9 Å². The van der Waals surface area contributed by atoms with E-state index in [-0.39, 0.29) is 5.91 Å². The van der Waals surface area contributed by atoms with Crippen LogP contribution in [-0.2, 0) is 11.3 Å². The number of nitrogens with zero attached hydrogens (tertiary/aromatic N) is 4. The SMILES string of the molecule is Cc1ccc(C)c(-n2c(C)nnc2SCC(=O)N(C)Cc2cccs2)c1. The van der Waals surface area contributed by atoms with Crippen molar-refractivity contribution in [2.45, 2.75) is 32.5 Å². The monoisotopic (exact) mass is 386 g/mol. The molecule has 0 unspecified atom stereocenters. The summed E-state index contributed by atoms with van der Waals surface area (Å²) in [6.07, 6.45) is 0. The third-order valence-corrected chi connectivity index (χ3v) is 5.90. The largest absolute Gasteiger partial charge is 0.340 e. The standard InChI is InChI=1S/C19H22N4OS2/c1-13-7-8-14(2)17(10-13)23-15(3)20-21-19(23)26-12-18(24)22(4)11-16-6-5-9-25-16/h5-10H,11-12H2,1-4H3. The van der Waals surface area contributed by atoms with E-state index in [4.69, 9.17) is 0 Å². The van der Waals surface area contributed by atoms with Gasteiger partial charge in [-0.25, -0.2) is 0 Å². The fourth-order valence-electron chi connectivity index (χ4n) is 2.64. The molecule has 136 valence electrons. The summed E-state index contributed by atoms with van der Waals surface area (Å²) in [4.78, 5) is 15.4. The van der Waals surface area contributed by atoms with E-state index in [0.29, 0.717) is 12.3 Å². The molecular formula is C19H22N4OS2. The van der Waals surface area contributed by atoms with E-state index < -0.39 is 0 Å².